The average Bonchev–Trinajstić information content (AvgIpc) is 2.75. The minimum Gasteiger partial charge on any atom is -0.347 e. The number of nitrogens with zero attached hydrogens (tertiary/aromatic N) is 2. The van der Waals surface area contributed by atoms with Crippen molar-refractivity contribution in [2.75, 3.05) is 0 Å². The standard InChI is InChI=1S/C20H18Cl2N4O6/c21-13-7-5-11(9-17(13)25(29)30)19(27)23-15-3-1-2-4-16(15)24-20(28)12-6-8-14(22)18(10-12)26(31)32/h5-10,15-16H,1-4H2,(H,23,27)(H,24,28). The maximum Gasteiger partial charge on any atom is 0.288 e. The number of nitrogens with one attached hydrogen (secondary N) is 2. The fraction of sp³-hybridized carbons (Fsp3) is 0.300. The van der Waals surface area contributed by atoms with Crippen molar-refractivity contribution in [3.63, 3.8) is 0 Å². The smallest absolute Gasteiger partial charge is 0.288 e. The van der Waals surface area contributed by atoms with E-state index in [0.29, 0.717) is 12.8 Å². The molecule has 0 spiro atoms. The molecule has 1 saturated carbocycles. The van der Waals surface area contributed by atoms with E-state index in [2.05, 4.69) is 10.6 Å². The minimum absolute atomic E-state index is 0.0741. The number of nitro benzene ring substituents is 2. The lowest BCUT2D eigenvalue weighted by Crippen LogP contribution is -2.53. The molecule has 2 amide bonds. The van der Waals surface area contributed by atoms with Crippen molar-refractivity contribution in [1.82, 2.24) is 10.6 Å². The van der Waals surface area contributed by atoms with Crippen LogP contribution < -0.4 is 10.6 Å². The summed E-state index contributed by atoms with van der Waals surface area (Å²) in [4.78, 5) is 46.2. The number of halogens is 2. The Kier molecular flexibility index (Phi) is 7.26. The summed E-state index contributed by atoms with van der Waals surface area (Å²) in [6, 6.07) is 6.68. The van der Waals surface area contributed by atoms with E-state index in [1.165, 1.54) is 24.3 Å². The summed E-state index contributed by atoms with van der Waals surface area (Å²) in [5.41, 5.74) is -0.607. The van der Waals surface area contributed by atoms with Crippen molar-refractivity contribution in [1.29, 1.82) is 0 Å². The van der Waals surface area contributed by atoms with Gasteiger partial charge in [-0.05, 0) is 37.1 Å². The molecule has 12 heteroatoms. The zero-order valence-corrected chi connectivity index (χ0v) is 18.1. The van der Waals surface area contributed by atoms with Gasteiger partial charge in [-0.15, -0.1) is 0 Å². The quantitative estimate of drug-likeness (QED) is 0.466. The molecule has 0 aromatic heterocycles. The first kappa shape index (κ1) is 23.4. The van der Waals surface area contributed by atoms with Crippen LogP contribution in [-0.4, -0.2) is 33.7 Å². The topological polar surface area (TPSA) is 144 Å². The molecule has 1 aliphatic carbocycles. The summed E-state index contributed by atoms with van der Waals surface area (Å²) in [5.74, 6) is -1.06. The molecule has 3 rings (SSSR count). The number of carbonyl (C=O) groups excluding carboxylic acids is 2. The normalized spacial score (nSPS) is 17.9. The highest BCUT2D eigenvalue weighted by Crippen LogP contribution is 2.27. The van der Waals surface area contributed by atoms with Gasteiger partial charge in [0, 0.05) is 35.3 Å². The van der Waals surface area contributed by atoms with Crippen LogP contribution in [-0.2, 0) is 0 Å². The summed E-state index contributed by atoms with van der Waals surface area (Å²) >= 11 is 11.6. The summed E-state index contributed by atoms with van der Waals surface area (Å²) in [7, 11) is 0. The summed E-state index contributed by atoms with van der Waals surface area (Å²) in [6.45, 7) is 0. The third-order valence-corrected chi connectivity index (χ3v) is 5.85. The van der Waals surface area contributed by atoms with Crippen LogP contribution in [0, 0.1) is 20.2 Å². The van der Waals surface area contributed by atoms with Crippen LogP contribution in [0.25, 0.3) is 0 Å². The van der Waals surface area contributed by atoms with E-state index in [0.717, 1.165) is 25.0 Å². The van der Waals surface area contributed by atoms with Crippen molar-refractivity contribution < 1.29 is 19.4 Å². The highest BCUT2D eigenvalue weighted by Gasteiger charge is 2.29. The predicted octanol–water partition coefficient (Wildman–Crippen LogP) is 4.28. The van der Waals surface area contributed by atoms with Gasteiger partial charge in [-0.2, -0.15) is 0 Å². The summed E-state index contributed by atoms with van der Waals surface area (Å²) in [6.07, 6.45) is 2.83. The van der Waals surface area contributed by atoms with Crippen molar-refractivity contribution in [3.05, 3.63) is 77.8 Å². The predicted molar refractivity (Wildman–Crippen MR) is 117 cm³/mol. The number of nitro groups is 2. The SMILES string of the molecule is O=C(NC1CCCCC1NC(=O)c1ccc(Cl)c([N+](=O)[O-])c1)c1ccc(Cl)c([N+](=O)[O-])c1. The van der Waals surface area contributed by atoms with Gasteiger partial charge in [0.15, 0.2) is 0 Å². The number of hydrogen-bond donors (Lipinski definition) is 2. The molecule has 2 aromatic carbocycles. The van der Waals surface area contributed by atoms with Gasteiger partial charge in [0.1, 0.15) is 10.0 Å². The lowest BCUT2D eigenvalue weighted by atomic mass is 9.89. The first-order valence-corrected chi connectivity index (χ1v) is 10.4. The first-order chi connectivity index (χ1) is 15.2. The van der Waals surface area contributed by atoms with Crippen LogP contribution >= 0.6 is 23.2 Å². The van der Waals surface area contributed by atoms with Crippen LogP contribution in [0.4, 0.5) is 11.4 Å². The average molecular weight is 481 g/mol. The van der Waals surface area contributed by atoms with Gasteiger partial charge in [0.2, 0.25) is 0 Å². The van der Waals surface area contributed by atoms with E-state index in [1.807, 2.05) is 0 Å². The molecule has 0 heterocycles. The van der Waals surface area contributed by atoms with Gasteiger partial charge in [-0.1, -0.05) is 36.0 Å². The Balaban J connectivity index is 1.74. The molecule has 32 heavy (non-hydrogen) atoms. The van der Waals surface area contributed by atoms with Crippen molar-refractivity contribution in [2.24, 2.45) is 0 Å². The highest BCUT2D eigenvalue weighted by molar-refractivity contribution is 6.33. The lowest BCUT2D eigenvalue weighted by molar-refractivity contribution is -0.384. The maximum atomic E-state index is 12.7. The van der Waals surface area contributed by atoms with Crippen LogP contribution in [0.1, 0.15) is 46.4 Å². The Morgan fingerprint density at radius 1 is 0.781 bits per heavy atom. The number of rotatable bonds is 6. The number of benzene rings is 2. The Morgan fingerprint density at radius 2 is 1.16 bits per heavy atom. The van der Waals surface area contributed by atoms with Gasteiger partial charge in [0.05, 0.1) is 9.85 Å². The Labute approximate surface area is 192 Å². The van der Waals surface area contributed by atoms with Crippen molar-refractivity contribution >= 4 is 46.4 Å². The largest absolute Gasteiger partial charge is 0.347 e. The molecule has 168 valence electrons. The first-order valence-electron chi connectivity index (χ1n) is 9.67. The molecule has 2 atom stereocenters. The van der Waals surface area contributed by atoms with Gasteiger partial charge < -0.3 is 10.6 Å². The van der Waals surface area contributed by atoms with Crippen LogP contribution in [0.3, 0.4) is 0 Å². The fourth-order valence-corrected chi connectivity index (χ4v) is 3.94. The van der Waals surface area contributed by atoms with Crippen LogP contribution in [0.5, 0.6) is 0 Å². The highest BCUT2D eigenvalue weighted by atomic mass is 35.5. The molecular weight excluding hydrogens is 463 g/mol. The molecule has 2 unspecified atom stereocenters. The zero-order chi connectivity index (χ0) is 23.4. The molecule has 0 radical (unpaired) electrons. The van der Waals surface area contributed by atoms with Crippen LogP contribution in [0.2, 0.25) is 10.0 Å². The Bertz CT molecular complexity index is 1010. The van der Waals surface area contributed by atoms with Gasteiger partial charge in [-0.3, -0.25) is 29.8 Å². The molecule has 1 fully saturated rings. The number of hydrogen-bond acceptors (Lipinski definition) is 6. The molecule has 2 aromatic rings. The molecule has 0 aliphatic heterocycles. The lowest BCUT2D eigenvalue weighted by Gasteiger charge is -2.32. The molecule has 0 saturated heterocycles. The second-order valence-corrected chi connectivity index (χ2v) is 8.11. The summed E-state index contributed by atoms with van der Waals surface area (Å²) in [5, 5.41) is 27.6. The molecule has 1 aliphatic rings. The fourth-order valence-electron chi connectivity index (χ4n) is 3.57. The van der Waals surface area contributed by atoms with Crippen LogP contribution in [0.15, 0.2) is 36.4 Å². The minimum atomic E-state index is -0.673. The number of amides is 2. The molecule has 0 bridgehead atoms. The Hall–Kier alpha value is -3.24. The molecule has 10 nitrogen and oxygen atoms in total. The molecule has 2 N–H and O–H groups in total. The van der Waals surface area contributed by atoms with E-state index in [1.54, 1.807) is 0 Å². The van der Waals surface area contributed by atoms with Gasteiger partial charge in [-0.25, -0.2) is 0 Å². The third kappa shape index (κ3) is 5.32. The Morgan fingerprint density at radius 3 is 1.50 bits per heavy atom. The third-order valence-electron chi connectivity index (χ3n) is 5.21. The number of carbonyl (C=O) groups is 2. The monoisotopic (exact) mass is 480 g/mol. The second-order valence-electron chi connectivity index (χ2n) is 7.29. The van der Waals surface area contributed by atoms with Gasteiger partial charge in [0.25, 0.3) is 23.2 Å². The van der Waals surface area contributed by atoms with E-state index >= 15 is 0 Å². The summed E-state index contributed by atoms with van der Waals surface area (Å²) < 4.78 is 0. The van der Waals surface area contributed by atoms with Crippen molar-refractivity contribution in [3.8, 4) is 0 Å². The zero-order valence-electron chi connectivity index (χ0n) is 16.5. The maximum absolute atomic E-state index is 12.7. The van der Waals surface area contributed by atoms with E-state index in [4.69, 9.17) is 23.2 Å². The second kappa shape index (κ2) is 9.92. The van der Waals surface area contributed by atoms with E-state index < -0.39 is 33.7 Å². The van der Waals surface area contributed by atoms with Crippen molar-refractivity contribution in [2.45, 2.75) is 37.8 Å². The van der Waals surface area contributed by atoms with E-state index in [9.17, 15) is 29.8 Å². The van der Waals surface area contributed by atoms with Gasteiger partial charge >= 0.3 is 0 Å². The van der Waals surface area contributed by atoms with E-state index in [-0.39, 0.29) is 32.5 Å². The molecular formula is C20H18Cl2N4O6.